The Hall–Kier alpha value is -3.67. The maximum absolute atomic E-state index is 14.6. The van der Waals surface area contributed by atoms with Gasteiger partial charge in [-0.1, -0.05) is 60.7 Å². The minimum Gasteiger partial charge on any atom is -0.483 e. The number of amides is 2. The van der Waals surface area contributed by atoms with Crippen molar-refractivity contribution in [3.63, 3.8) is 0 Å². The molecule has 3 aromatic rings. The Balaban J connectivity index is 1.94. The number of hydrogen-bond acceptors (Lipinski definition) is 3. The van der Waals surface area contributed by atoms with Gasteiger partial charge in [-0.3, -0.25) is 9.59 Å². The minimum absolute atomic E-state index is 0.0509. The third kappa shape index (κ3) is 7.15. The maximum Gasteiger partial charge on any atom is 0.261 e. The number of nitrogens with one attached hydrogen (secondary N) is 1. The van der Waals surface area contributed by atoms with Crippen LogP contribution in [0.25, 0.3) is 0 Å². The van der Waals surface area contributed by atoms with Gasteiger partial charge in [0.25, 0.3) is 5.91 Å². The Labute approximate surface area is 206 Å². The zero-order valence-electron chi connectivity index (χ0n) is 20.8. The molecule has 184 valence electrons. The molecule has 0 spiro atoms. The molecule has 0 aromatic heterocycles. The first-order chi connectivity index (χ1) is 16.8. The number of rotatable bonds is 10. The number of nitrogens with zero attached hydrogens (tertiary/aromatic N) is 1. The van der Waals surface area contributed by atoms with Crippen LogP contribution < -0.4 is 10.1 Å². The van der Waals surface area contributed by atoms with Gasteiger partial charge < -0.3 is 15.0 Å². The van der Waals surface area contributed by atoms with Crippen molar-refractivity contribution in [2.24, 2.45) is 0 Å². The summed E-state index contributed by atoms with van der Waals surface area (Å²) in [6.45, 7) is 7.32. The molecular formula is C29H33FN2O3. The Morgan fingerprint density at radius 1 is 0.943 bits per heavy atom. The lowest BCUT2D eigenvalue weighted by atomic mass is 10.0. The molecule has 0 aliphatic rings. The standard InChI is InChI=1S/C29H33FN2O3/c1-20(2)31-29(34)26(17-23-12-6-5-7-13-23)32(18-24-14-8-9-15-25(24)30)28(33)19-35-27-16-10-11-21(3)22(27)4/h5-16,20,26H,17-19H2,1-4H3,(H,31,34). The predicted molar refractivity (Wildman–Crippen MR) is 136 cm³/mol. The molecular weight excluding hydrogens is 443 g/mol. The van der Waals surface area contributed by atoms with E-state index in [1.807, 2.05) is 76.2 Å². The number of benzene rings is 3. The van der Waals surface area contributed by atoms with Crippen LogP contribution in [0, 0.1) is 19.7 Å². The van der Waals surface area contributed by atoms with E-state index in [0.29, 0.717) is 17.7 Å². The van der Waals surface area contributed by atoms with E-state index in [0.717, 1.165) is 16.7 Å². The highest BCUT2D eigenvalue weighted by molar-refractivity contribution is 5.88. The second kappa shape index (κ2) is 12.2. The van der Waals surface area contributed by atoms with E-state index >= 15 is 0 Å². The van der Waals surface area contributed by atoms with Crippen LogP contribution in [0.1, 0.15) is 36.1 Å². The van der Waals surface area contributed by atoms with Gasteiger partial charge in [0.05, 0.1) is 0 Å². The fourth-order valence-corrected chi connectivity index (χ4v) is 3.85. The second-order valence-electron chi connectivity index (χ2n) is 8.97. The van der Waals surface area contributed by atoms with Crippen molar-refractivity contribution in [2.75, 3.05) is 6.61 Å². The van der Waals surface area contributed by atoms with Crippen molar-refractivity contribution < 1.29 is 18.7 Å². The summed E-state index contributed by atoms with van der Waals surface area (Å²) in [6.07, 6.45) is 0.295. The lowest BCUT2D eigenvalue weighted by Gasteiger charge is -2.32. The molecule has 0 saturated carbocycles. The van der Waals surface area contributed by atoms with Gasteiger partial charge in [-0.15, -0.1) is 0 Å². The van der Waals surface area contributed by atoms with Crippen LogP contribution in [-0.4, -0.2) is 35.4 Å². The fourth-order valence-electron chi connectivity index (χ4n) is 3.85. The van der Waals surface area contributed by atoms with Crippen LogP contribution in [0.4, 0.5) is 4.39 Å². The summed E-state index contributed by atoms with van der Waals surface area (Å²) in [6, 6.07) is 20.5. The quantitative estimate of drug-likeness (QED) is 0.449. The van der Waals surface area contributed by atoms with Gasteiger partial charge in [0, 0.05) is 24.6 Å². The topological polar surface area (TPSA) is 58.6 Å². The van der Waals surface area contributed by atoms with Crippen molar-refractivity contribution in [1.82, 2.24) is 10.2 Å². The van der Waals surface area contributed by atoms with Crippen LogP contribution in [-0.2, 0) is 22.6 Å². The van der Waals surface area contributed by atoms with Crippen molar-refractivity contribution in [3.05, 3.63) is 101 Å². The first-order valence-electron chi connectivity index (χ1n) is 11.8. The molecule has 2 amide bonds. The average molecular weight is 477 g/mol. The molecule has 0 fully saturated rings. The lowest BCUT2D eigenvalue weighted by molar-refractivity contribution is -0.143. The third-order valence-electron chi connectivity index (χ3n) is 5.91. The summed E-state index contributed by atoms with van der Waals surface area (Å²) in [5, 5.41) is 2.92. The van der Waals surface area contributed by atoms with Gasteiger partial charge in [-0.2, -0.15) is 0 Å². The normalized spacial score (nSPS) is 11.7. The van der Waals surface area contributed by atoms with Crippen molar-refractivity contribution >= 4 is 11.8 Å². The molecule has 0 radical (unpaired) electrons. The monoisotopic (exact) mass is 476 g/mol. The molecule has 1 N–H and O–H groups in total. The molecule has 3 rings (SSSR count). The van der Waals surface area contributed by atoms with Crippen LogP contribution in [0.15, 0.2) is 72.8 Å². The Kier molecular flexibility index (Phi) is 9.01. The Bertz CT molecular complexity index is 1150. The van der Waals surface area contributed by atoms with Crippen LogP contribution >= 0.6 is 0 Å². The molecule has 5 nitrogen and oxygen atoms in total. The molecule has 1 atom stereocenters. The van der Waals surface area contributed by atoms with Gasteiger partial charge in [0.15, 0.2) is 6.61 Å². The number of ether oxygens (including phenoxy) is 1. The van der Waals surface area contributed by atoms with E-state index in [2.05, 4.69) is 5.32 Å². The Morgan fingerprint density at radius 2 is 1.63 bits per heavy atom. The fraction of sp³-hybridized carbons (Fsp3) is 0.310. The Morgan fingerprint density at radius 3 is 2.31 bits per heavy atom. The number of carbonyl (C=O) groups excluding carboxylic acids is 2. The molecule has 3 aromatic carbocycles. The van der Waals surface area contributed by atoms with Gasteiger partial charge >= 0.3 is 0 Å². The highest BCUT2D eigenvalue weighted by Crippen LogP contribution is 2.22. The first kappa shape index (κ1) is 25.9. The van der Waals surface area contributed by atoms with Crippen LogP contribution in [0.5, 0.6) is 5.75 Å². The molecule has 6 heteroatoms. The van der Waals surface area contributed by atoms with E-state index in [-0.39, 0.29) is 25.1 Å². The number of carbonyl (C=O) groups is 2. The van der Waals surface area contributed by atoms with Gasteiger partial charge in [-0.05, 0) is 56.5 Å². The summed E-state index contributed by atoms with van der Waals surface area (Å²) >= 11 is 0. The zero-order valence-corrected chi connectivity index (χ0v) is 20.8. The summed E-state index contributed by atoms with van der Waals surface area (Å²) in [7, 11) is 0. The number of hydrogen-bond donors (Lipinski definition) is 1. The highest BCUT2D eigenvalue weighted by Gasteiger charge is 2.31. The maximum atomic E-state index is 14.6. The minimum atomic E-state index is -0.839. The number of aryl methyl sites for hydroxylation is 1. The van der Waals surface area contributed by atoms with Gasteiger partial charge in [-0.25, -0.2) is 4.39 Å². The molecule has 0 aliphatic heterocycles. The third-order valence-corrected chi connectivity index (χ3v) is 5.91. The highest BCUT2D eigenvalue weighted by atomic mass is 19.1. The smallest absolute Gasteiger partial charge is 0.261 e. The van der Waals surface area contributed by atoms with Gasteiger partial charge in [0.2, 0.25) is 5.91 Å². The first-order valence-corrected chi connectivity index (χ1v) is 11.8. The molecule has 0 heterocycles. The zero-order chi connectivity index (χ0) is 25.4. The molecule has 1 unspecified atom stereocenters. The summed E-state index contributed by atoms with van der Waals surface area (Å²) in [5.41, 5.74) is 3.23. The predicted octanol–water partition coefficient (Wildman–Crippen LogP) is 4.99. The SMILES string of the molecule is Cc1cccc(OCC(=O)N(Cc2ccccc2F)C(Cc2ccccc2)C(=O)NC(C)C)c1C. The van der Waals surface area contributed by atoms with Crippen LogP contribution in [0.3, 0.4) is 0 Å². The summed E-state index contributed by atoms with van der Waals surface area (Å²) in [4.78, 5) is 28.3. The van der Waals surface area contributed by atoms with E-state index < -0.39 is 17.8 Å². The van der Waals surface area contributed by atoms with Gasteiger partial charge in [0.1, 0.15) is 17.6 Å². The van der Waals surface area contributed by atoms with Crippen molar-refractivity contribution in [3.8, 4) is 5.75 Å². The van der Waals surface area contributed by atoms with Crippen molar-refractivity contribution in [1.29, 1.82) is 0 Å². The summed E-state index contributed by atoms with van der Waals surface area (Å²) < 4.78 is 20.5. The average Bonchev–Trinajstić information content (AvgIpc) is 2.83. The van der Waals surface area contributed by atoms with E-state index in [1.54, 1.807) is 18.2 Å². The van der Waals surface area contributed by atoms with Crippen LogP contribution in [0.2, 0.25) is 0 Å². The molecule has 35 heavy (non-hydrogen) atoms. The molecule has 0 bridgehead atoms. The van der Waals surface area contributed by atoms with E-state index in [4.69, 9.17) is 4.74 Å². The van der Waals surface area contributed by atoms with E-state index in [1.165, 1.54) is 11.0 Å². The molecule has 0 aliphatic carbocycles. The molecule has 0 saturated heterocycles. The second-order valence-corrected chi connectivity index (χ2v) is 8.97. The largest absolute Gasteiger partial charge is 0.483 e. The summed E-state index contributed by atoms with van der Waals surface area (Å²) in [5.74, 6) is -0.506. The number of halogens is 1. The van der Waals surface area contributed by atoms with E-state index in [9.17, 15) is 14.0 Å². The van der Waals surface area contributed by atoms with Crippen molar-refractivity contribution in [2.45, 2.75) is 52.7 Å². The lowest BCUT2D eigenvalue weighted by Crippen LogP contribution is -2.53.